The molecule has 0 aromatic carbocycles. The number of hydrogen-bond acceptors (Lipinski definition) is 4. The average molecular weight is 220 g/mol. The van der Waals surface area contributed by atoms with E-state index in [0.29, 0.717) is 6.54 Å². The Morgan fingerprint density at radius 1 is 1.50 bits per heavy atom. The van der Waals surface area contributed by atoms with Crippen molar-refractivity contribution in [1.29, 1.82) is 0 Å². The molecule has 0 aliphatic heterocycles. The topological polar surface area (TPSA) is 55.0 Å². The number of nitrogens with zero attached hydrogens (tertiary/aromatic N) is 3. The molecule has 16 heavy (non-hydrogen) atoms. The van der Waals surface area contributed by atoms with Gasteiger partial charge in [0, 0.05) is 25.8 Å². The highest BCUT2D eigenvalue weighted by molar-refractivity contribution is 5.31. The summed E-state index contributed by atoms with van der Waals surface area (Å²) in [4.78, 5) is 11.0. The maximum absolute atomic E-state index is 5.61. The molecule has 1 aliphatic carbocycles. The molecule has 0 saturated heterocycles. The highest BCUT2D eigenvalue weighted by Crippen LogP contribution is 2.38. The van der Waals surface area contributed by atoms with E-state index in [0.717, 1.165) is 35.7 Å². The maximum Gasteiger partial charge on any atom is 0.225 e. The number of aromatic nitrogens is 2. The Bertz CT molecular complexity index is 377. The van der Waals surface area contributed by atoms with Gasteiger partial charge in [-0.15, -0.1) is 0 Å². The second-order valence-electron chi connectivity index (χ2n) is 4.86. The van der Waals surface area contributed by atoms with E-state index in [9.17, 15) is 0 Å². The molecule has 1 saturated carbocycles. The van der Waals surface area contributed by atoms with Gasteiger partial charge in [0.05, 0.1) is 5.69 Å². The standard InChI is InChI=1S/C12H20N4/c1-8-4-10(8)7-16(3)12-14-9(2)5-11(6-13)15-12/h5,8,10H,4,6-7,13H2,1-3H3. The molecule has 4 heteroatoms. The Balaban J connectivity index is 2.09. The fourth-order valence-corrected chi connectivity index (χ4v) is 1.98. The van der Waals surface area contributed by atoms with E-state index < -0.39 is 0 Å². The first-order valence-corrected chi connectivity index (χ1v) is 5.86. The van der Waals surface area contributed by atoms with Gasteiger partial charge in [-0.05, 0) is 31.2 Å². The van der Waals surface area contributed by atoms with Crippen LogP contribution in [0.3, 0.4) is 0 Å². The molecule has 1 aliphatic rings. The molecule has 1 aromatic heterocycles. The van der Waals surface area contributed by atoms with E-state index in [4.69, 9.17) is 5.73 Å². The van der Waals surface area contributed by atoms with Crippen molar-refractivity contribution in [1.82, 2.24) is 9.97 Å². The molecule has 2 atom stereocenters. The lowest BCUT2D eigenvalue weighted by Crippen LogP contribution is -2.23. The van der Waals surface area contributed by atoms with Gasteiger partial charge in [-0.2, -0.15) is 0 Å². The SMILES string of the molecule is Cc1cc(CN)nc(N(C)CC2CC2C)n1. The zero-order valence-corrected chi connectivity index (χ0v) is 10.3. The van der Waals surface area contributed by atoms with Crippen molar-refractivity contribution in [2.24, 2.45) is 17.6 Å². The molecule has 88 valence electrons. The molecule has 2 N–H and O–H groups in total. The van der Waals surface area contributed by atoms with Crippen molar-refractivity contribution >= 4 is 5.95 Å². The number of anilines is 1. The van der Waals surface area contributed by atoms with E-state index in [2.05, 4.69) is 28.8 Å². The third kappa shape index (κ3) is 2.50. The van der Waals surface area contributed by atoms with Crippen molar-refractivity contribution < 1.29 is 0 Å². The third-order valence-electron chi connectivity index (χ3n) is 3.23. The van der Waals surface area contributed by atoms with Crippen molar-refractivity contribution in [3.63, 3.8) is 0 Å². The summed E-state index contributed by atoms with van der Waals surface area (Å²) in [5.41, 5.74) is 7.52. The number of nitrogens with two attached hydrogens (primary N) is 1. The van der Waals surface area contributed by atoms with Crippen LogP contribution in [0.5, 0.6) is 0 Å². The lowest BCUT2D eigenvalue weighted by molar-refractivity contribution is 0.707. The number of hydrogen-bond donors (Lipinski definition) is 1. The van der Waals surface area contributed by atoms with Gasteiger partial charge in [0.15, 0.2) is 0 Å². The van der Waals surface area contributed by atoms with Crippen LogP contribution in [-0.2, 0) is 6.54 Å². The molecule has 1 fully saturated rings. The zero-order valence-electron chi connectivity index (χ0n) is 10.3. The van der Waals surface area contributed by atoms with Gasteiger partial charge in [0.1, 0.15) is 0 Å². The van der Waals surface area contributed by atoms with Crippen LogP contribution in [0.2, 0.25) is 0 Å². The molecule has 2 rings (SSSR count). The van der Waals surface area contributed by atoms with Crippen LogP contribution < -0.4 is 10.6 Å². The van der Waals surface area contributed by atoms with Crippen molar-refractivity contribution in [3.05, 3.63) is 17.5 Å². The van der Waals surface area contributed by atoms with Crippen LogP contribution in [0.1, 0.15) is 24.7 Å². The van der Waals surface area contributed by atoms with Gasteiger partial charge in [-0.1, -0.05) is 6.92 Å². The smallest absolute Gasteiger partial charge is 0.225 e. The zero-order chi connectivity index (χ0) is 11.7. The molecule has 4 nitrogen and oxygen atoms in total. The quantitative estimate of drug-likeness (QED) is 0.832. The summed E-state index contributed by atoms with van der Waals surface area (Å²) in [6, 6.07) is 1.94. The first-order valence-electron chi connectivity index (χ1n) is 5.86. The van der Waals surface area contributed by atoms with E-state index >= 15 is 0 Å². The van der Waals surface area contributed by atoms with Gasteiger partial charge in [-0.25, -0.2) is 9.97 Å². The van der Waals surface area contributed by atoms with E-state index in [1.807, 2.05) is 13.0 Å². The fourth-order valence-electron chi connectivity index (χ4n) is 1.98. The molecule has 1 heterocycles. The van der Waals surface area contributed by atoms with E-state index in [1.54, 1.807) is 0 Å². The van der Waals surface area contributed by atoms with Gasteiger partial charge >= 0.3 is 0 Å². The number of aryl methyl sites for hydroxylation is 1. The van der Waals surface area contributed by atoms with Gasteiger partial charge in [-0.3, -0.25) is 0 Å². The predicted molar refractivity (Wildman–Crippen MR) is 65.2 cm³/mol. The minimum absolute atomic E-state index is 0.476. The van der Waals surface area contributed by atoms with E-state index in [-0.39, 0.29) is 0 Å². The van der Waals surface area contributed by atoms with Gasteiger partial charge in [0.25, 0.3) is 0 Å². The minimum atomic E-state index is 0.476. The lowest BCUT2D eigenvalue weighted by atomic mass is 10.3. The minimum Gasteiger partial charge on any atom is -0.344 e. The Morgan fingerprint density at radius 2 is 2.19 bits per heavy atom. The lowest BCUT2D eigenvalue weighted by Gasteiger charge is -2.17. The number of rotatable bonds is 4. The van der Waals surface area contributed by atoms with Crippen molar-refractivity contribution in [2.75, 3.05) is 18.5 Å². The Hall–Kier alpha value is -1.16. The fraction of sp³-hybridized carbons (Fsp3) is 0.667. The van der Waals surface area contributed by atoms with Crippen LogP contribution in [0.4, 0.5) is 5.95 Å². The van der Waals surface area contributed by atoms with Gasteiger partial charge in [0.2, 0.25) is 5.95 Å². The Morgan fingerprint density at radius 3 is 2.75 bits per heavy atom. The first kappa shape index (κ1) is 11.3. The molecule has 2 unspecified atom stereocenters. The van der Waals surface area contributed by atoms with Crippen LogP contribution in [0.25, 0.3) is 0 Å². The summed E-state index contributed by atoms with van der Waals surface area (Å²) >= 11 is 0. The Labute approximate surface area is 96.9 Å². The molecule has 1 aromatic rings. The summed E-state index contributed by atoms with van der Waals surface area (Å²) in [6.45, 7) is 5.80. The predicted octanol–water partition coefficient (Wildman–Crippen LogP) is 1.34. The van der Waals surface area contributed by atoms with E-state index in [1.165, 1.54) is 6.42 Å². The summed E-state index contributed by atoms with van der Waals surface area (Å²) in [5.74, 6) is 2.48. The second kappa shape index (κ2) is 4.37. The molecular weight excluding hydrogens is 200 g/mol. The van der Waals surface area contributed by atoms with Crippen LogP contribution in [0.15, 0.2) is 6.07 Å². The van der Waals surface area contributed by atoms with Crippen LogP contribution >= 0.6 is 0 Å². The molecule has 0 spiro atoms. The van der Waals surface area contributed by atoms with Crippen LogP contribution in [0, 0.1) is 18.8 Å². The van der Waals surface area contributed by atoms with Crippen molar-refractivity contribution in [2.45, 2.75) is 26.8 Å². The second-order valence-corrected chi connectivity index (χ2v) is 4.86. The summed E-state index contributed by atoms with van der Waals surface area (Å²) in [6.07, 6.45) is 1.33. The van der Waals surface area contributed by atoms with Crippen LogP contribution in [-0.4, -0.2) is 23.6 Å². The van der Waals surface area contributed by atoms with Gasteiger partial charge < -0.3 is 10.6 Å². The highest BCUT2D eigenvalue weighted by atomic mass is 15.2. The summed E-state index contributed by atoms with van der Waals surface area (Å²) in [5, 5.41) is 0. The van der Waals surface area contributed by atoms with Crippen molar-refractivity contribution in [3.8, 4) is 0 Å². The molecule has 0 amide bonds. The summed E-state index contributed by atoms with van der Waals surface area (Å²) in [7, 11) is 2.06. The largest absolute Gasteiger partial charge is 0.344 e. The third-order valence-corrected chi connectivity index (χ3v) is 3.23. The molecule has 0 radical (unpaired) electrons. The average Bonchev–Trinajstić information content (AvgIpc) is 2.93. The monoisotopic (exact) mass is 220 g/mol. The summed E-state index contributed by atoms with van der Waals surface area (Å²) < 4.78 is 0. The molecule has 0 bridgehead atoms. The Kier molecular flexibility index (Phi) is 3.10. The maximum atomic E-state index is 5.61. The molecular formula is C12H20N4. The highest BCUT2D eigenvalue weighted by Gasteiger charge is 2.33. The normalized spacial score (nSPS) is 23.2. The first-order chi connectivity index (χ1) is 7.60.